The Morgan fingerprint density at radius 2 is 0.815 bits per heavy atom. The van der Waals surface area contributed by atoms with Gasteiger partial charge in [0.2, 0.25) is 0 Å². The summed E-state index contributed by atoms with van der Waals surface area (Å²) in [4.78, 5) is 25.3. The van der Waals surface area contributed by atoms with Gasteiger partial charge in [0.05, 0.1) is 13.2 Å². The first kappa shape index (κ1) is 50.8. The Labute approximate surface area is 337 Å². The van der Waals surface area contributed by atoms with Crippen molar-refractivity contribution in [3.8, 4) is 0 Å². The highest BCUT2D eigenvalue weighted by molar-refractivity contribution is 5.69. The summed E-state index contributed by atoms with van der Waals surface area (Å²) in [6.45, 7) is 12.5. The van der Waals surface area contributed by atoms with Gasteiger partial charge in [0, 0.05) is 12.5 Å². The number of hydrogen-bond donors (Lipinski definition) is 1. The van der Waals surface area contributed by atoms with E-state index in [1.54, 1.807) is 0 Å². The minimum atomic E-state index is -0.278. The molecule has 0 aromatic heterocycles. The van der Waals surface area contributed by atoms with E-state index in [0.717, 1.165) is 51.4 Å². The second-order valence-electron chi connectivity index (χ2n) is 18.9. The van der Waals surface area contributed by atoms with E-state index in [1.807, 2.05) is 0 Å². The summed E-state index contributed by atoms with van der Waals surface area (Å²) in [5.74, 6) is -0.0664. The number of amides is 1. The van der Waals surface area contributed by atoms with E-state index in [2.05, 4.69) is 39.9 Å². The lowest BCUT2D eigenvalue weighted by Gasteiger charge is -2.46. The van der Waals surface area contributed by atoms with Crippen LogP contribution >= 0.6 is 0 Å². The number of esters is 1. The molecule has 2 atom stereocenters. The molecule has 0 aromatic carbocycles. The van der Waals surface area contributed by atoms with Gasteiger partial charge in [-0.25, -0.2) is 4.79 Å². The highest BCUT2D eigenvalue weighted by Crippen LogP contribution is 2.48. The lowest BCUT2D eigenvalue weighted by Crippen LogP contribution is -2.47. The average Bonchev–Trinajstić information content (AvgIpc) is 3.12. The van der Waals surface area contributed by atoms with Crippen molar-refractivity contribution in [2.75, 3.05) is 13.2 Å². The molecule has 5 heteroatoms. The maximum atomic E-state index is 12.7. The van der Waals surface area contributed by atoms with E-state index >= 15 is 0 Å². The third kappa shape index (κ3) is 31.9. The van der Waals surface area contributed by atoms with Crippen LogP contribution in [0.1, 0.15) is 272 Å². The minimum absolute atomic E-state index is 0.000841. The Hall–Kier alpha value is -1.26. The molecule has 5 nitrogen and oxygen atoms in total. The molecule has 0 radical (unpaired) electrons. The average molecular weight is 762 g/mol. The van der Waals surface area contributed by atoms with Crippen molar-refractivity contribution in [1.82, 2.24) is 5.32 Å². The zero-order valence-electron chi connectivity index (χ0n) is 37.3. The molecule has 0 heterocycles. The maximum absolute atomic E-state index is 12.7. The fourth-order valence-electron chi connectivity index (χ4n) is 9.26. The van der Waals surface area contributed by atoms with Crippen LogP contribution in [0, 0.1) is 10.8 Å². The molecule has 1 aliphatic rings. The monoisotopic (exact) mass is 762 g/mol. The molecule has 1 saturated carbocycles. The van der Waals surface area contributed by atoms with Crippen molar-refractivity contribution in [2.24, 2.45) is 10.8 Å². The molecule has 1 rings (SSSR count). The van der Waals surface area contributed by atoms with E-state index in [1.165, 1.54) is 180 Å². The topological polar surface area (TPSA) is 64.6 Å². The SMILES string of the molecule is CCCCCCCCCCCCCCCCCCOC(=O)CCC1(C)CC(NC(=O)OCCCCCCCCCCCCCCCCCC)CC(C)(C)C1. The second kappa shape index (κ2) is 34.9. The van der Waals surface area contributed by atoms with Crippen molar-refractivity contribution < 1.29 is 19.1 Å². The minimum Gasteiger partial charge on any atom is -0.466 e. The summed E-state index contributed by atoms with van der Waals surface area (Å²) in [6.07, 6.45) is 46.8. The predicted molar refractivity (Wildman–Crippen MR) is 233 cm³/mol. The van der Waals surface area contributed by atoms with E-state index in [9.17, 15) is 9.59 Å². The van der Waals surface area contributed by atoms with Gasteiger partial charge < -0.3 is 14.8 Å². The van der Waals surface area contributed by atoms with E-state index in [4.69, 9.17) is 9.47 Å². The van der Waals surface area contributed by atoms with Crippen LogP contribution in [0.5, 0.6) is 0 Å². The Balaban J connectivity index is 2.03. The highest BCUT2D eigenvalue weighted by atomic mass is 16.5. The maximum Gasteiger partial charge on any atom is 0.407 e. The molecule has 0 aliphatic heterocycles. The number of unbranched alkanes of at least 4 members (excludes halogenated alkanes) is 30. The van der Waals surface area contributed by atoms with Crippen LogP contribution in [-0.4, -0.2) is 31.3 Å². The highest BCUT2D eigenvalue weighted by Gasteiger charge is 2.42. The smallest absolute Gasteiger partial charge is 0.407 e. The first-order valence-corrected chi connectivity index (χ1v) is 24.3. The van der Waals surface area contributed by atoms with Gasteiger partial charge in [-0.05, 0) is 49.4 Å². The van der Waals surface area contributed by atoms with Gasteiger partial charge in [-0.15, -0.1) is 0 Å². The van der Waals surface area contributed by atoms with Crippen molar-refractivity contribution in [2.45, 2.75) is 278 Å². The third-order valence-electron chi connectivity index (χ3n) is 12.2. The molecule has 1 N–H and O–H groups in total. The molecule has 0 saturated heterocycles. The standard InChI is InChI=1S/C49H95NO4/c1-6-8-10-12-14-16-18-20-22-24-26-28-30-32-34-36-40-53-46(51)38-39-49(5)43-45(42-48(3,4)44-49)50-47(52)54-41-37-35-33-31-29-27-25-23-21-19-17-15-13-11-9-7-2/h45H,6-44H2,1-5H3,(H,50,52). The van der Waals surface area contributed by atoms with Gasteiger partial charge in [0.1, 0.15) is 0 Å². The van der Waals surface area contributed by atoms with Gasteiger partial charge in [0.25, 0.3) is 0 Å². The van der Waals surface area contributed by atoms with Crippen LogP contribution in [0.4, 0.5) is 4.79 Å². The molecule has 0 aromatic rings. The summed E-state index contributed by atoms with van der Waals surface area (Å²) in [7, 11) is 0. The van der Waals surface area contributed by atoms with Gasteiger partial charge in [0.15, 0.2) is 0 Å². The van der Waals surface area contributed by atoms with E-state index < -0.39 is 0 Å². The quantitative estimate of drug-likeness (QED) is 0.0503. The molecule has 54 heavy (non-hydrogen) atoms. The molecule has 1 fully saturated rings. The molecule has 0 spiro atoms. The summed E-state index contributed by atoms with van der Waals surface area (Å²) in [5.41, 5.74) is 0.108. The normalized spacial score (nSPS) is 18.1. The van der Waals surface area contributed by atoms with Crippen LogP contribution in [-0.2, 0) is 14.3 Å². The lowest BCUT2D eigenvalue weighted by molar-refractivity contribution is -0.144. The van der Waals surface area contributed by atoms with E-state index in [-0.39, 0.29) is 28.9 Å². The van der Waals surface area contributed by atoms with Crippen molar-refractivity contribution in [1.29, 1.82) is 0 Å². The van der Waals surface area contributed by atoms with Crippen molar-refractivity contribution >= 4 is 12.1 Å². The summed E-state index contributed by atoms with van der Waals surface area (Å²) in [5, 5.41) is 3.18. The van der Waals surface area contributed by atoms with Crippen LogP contribution in [0.25, 0.3) is 0 Å². The number of rotatable bonds is 38. The van der Waals surface area contributed by atoms with Gasteiger partial charge in [-0.2, -0.15) is 0 Å². The fourth-order valence-corrected chi connectivity index (χ4v) is 9.26. The van der Waals surface area contributed by atoms with Gasteiger partial charge >= 0.3 is 12.1 Å². The number of carbonyl (C=O) groups excluding carboxylic acids is 2. The molecule has 1 aliphatic carbocycles. The van der Waals surface area contributed by atoms with Crippen LogP contribution in [0.3, 0.4) is 0 Å². The number of nitrogens with one attached hydrogen (secondary N) is 1. The van der Waals surface area contributed by atoms with Crippen LogP contribution in [0.2, 0.25) is 0 Å². The first-order valence-electron chi connectivity index (χ1n) is 24.3. The van der Waals surface area contributed by atoms with Crippen molar-refractivity contribution in [3.05, 3.63) is 0 Å². The molecule has 320 valence electrons. The Kier molecular flexibility index (Phi) is 32.8. The number of carbonyl (C=O) groups is 2. The first-order chi connectivity index (χ1) is 26.2. The largest absolute Gasteiger partial charge is 0.466 e. The number of alkyl carbamates (subject to hydrolysis) is 1. The Bertz CT molecular complexity index is 859. The van der Waals surface area contributed by atoms with Gasteiger partial charge in [-0.3, -0.25) is 4.79 Å². The third-order valence-corrected chi connectivity index (χ3v) is 12.2. The zero-order chi connectivity index (χ0) is 39.4. The molecule has 1 amide bonds. The number of ether oxygens (including phenoxy) is 2. The zero-order valence-corrected chi connectivity index (χ0v) is 37.3. The molecular formula is C49H95NO4. The van der Waals surface area contributed by atoms with E-state index in [0.29, 0.717) is 19.6 Å². The fraction of sp³-hybridized carbons (Fsp3) is 0.959. The lowest BCUT2D eigenvalue weighted by atomic mass is 9.61. The Morgan fingerprint density at radius 3 is 1.19 bits per heavy atom. The summed E-state index contributed by atoms with van der Waals surface area (Å²) >= 11 is 0. The molecular weight excluding hydrogens is 667 g/mol. The summed E-state index contributed by atoms with van der Waals surface area (Å²) in [6, 6.07) is 0.0816. The predicted octanol–water partition coefficient (Wildman–Crippen LogP) is 16.1. The van der Waals surface area contributed by atoms with Crippen LogP contribution in [0.15, 0.2) is 0 Å². The second-order valence-corrected chi connectivity index (χ2v) is 18.9. The van der Waals surface area contributed by atoms with Gasteiger partial charge in [-0.1, -0.05) is 227 Å². The van der Waals surface area contributed by atoms with Crippen molar-refractivity contribution in [3.63, 3.8) is 0 Å². The van der Waals surface area contributed by atoms with Crippen LogP contribution < -0.4 is 5.32 Å². The number of hydrogen-bond acceptors (Lipinski definition) is 4. The molecule has 2 unspecified atom stereocenters. The molecule has 0 bridgehead atoms. The summed E-state index contributed by atoms with van der Waals surface area (Å²) < 4.78 is 11.2. The Morgan fingerprint density at radius 1 is 0.481 bits per heavy atom.